The minimum Gasteiger partial charge on any atom is -0.508 e. The molecule has 2 N–H and O–H groups in total. The molecule has 0 aromatic heterocycles. The van der Waals surface area contributed by atoms with E-state index in [1.54, 1.807) is 6.92 Å². The number of halogens is 1. The second kappa shape index (κ2) is 3.58. The number of nitrogens with one attached hydrogen (secondary N) is 1. The molecule has 1 aliphatic rings. The van der Waals surface area contributed by atoms with Gasteiger partial charge in [-0.2, -0.15) is 0 Å². The lowest BCUT2D eigenvalue weighted by atomic mass is 9.93. The fraction of sp³-hybridized carbons (Fsp3) is 0.455. The third-order valence-electron chi connectivity index (χ3n) is 2.89. The van der Waals surface area contributed by atoms with E-state index in [4.69, 9.17) is 0 Å². The Hall–Kier alpha value is -1.09. The highest BCUT2D eigenvalue weighted by Gasteiger charge is 2.22. The van der Waals surface area contributed by atoms with Crippen molar-refractivity contribution in [2.24, 2.45) is 0 Å². The molecule has 0 aliphatic carbocycles. The molecule has 1 aliphatic heterocycles. The van der Waals surface area contributed by atoms with Gasteiger partial charge in [0.15, 0.2) is 0 Å². The maximum atomic E-state index is 13.3. The van der Waals surface area contributed by atoms with E-state index in [1.165, 1.54) is 12.1 Å². The number of hydrogen-bond donors (Lipinski definition) is 2. The van der Waals surface area contributed by atoms with E-state index in [9.17, 15) is 9.50 Å². The second-order valence-corrected chi connectivity index (χ2v) is 3.79. The summed E-state index contributed by atoms with van der Waals surface area (Å²) in [5.74, 6) is 0.244. The summed E-state index contributed by atoms with van der Waals surface area (Å²) in [4.78, 5) is 0. The lowest BCUT2D eigenvalue weighted by Gasteiger charge is -2.14. The van der Waals surface area contributed by atoms with Gasteiger partial charge in [-0.25, -0.2) is 4.39 Å². The summed E-state index contributed by atoms with van der Waals surface area (Å²) in [5.41, 5.74) is 1.36. The number of phenolic OH excluding ortho intramolecular Hbond substituents is 1. The molecule has 1 fully saturated rings. The van der Waals surface area contributed by atoms with Crippen molar-refractivity contribution >= 4 is 0 Å². The molecule has 0 bridgehead atoms. The quantitative estimate of drug-likeness (QED) is 0.717. The Balaban J connectivity index is 2.44. The first-order valence-corrected chi connectivity index (χ1v) is 4.89. The first kappa shape index (κ1) is 9.46. The summed E-state index contributed by atoms with van der Waals surface area (Å²) in [6.07, 6.45) is 0.970. The highest BCUT2D eigenvalue weighted by molar-refractivity contribution is 5.42. The van der Waals surface area contributed by atoms with E-state index in [0.717, 1.165) is 25.1 Å². The molecule has 0 radical (unpaired) electrons. The van der Waals surface area contributed by atoms with Gasteiger partial charge >= 0.3 is 0 Å². The standard InChI is InChI=1S/C11H14FNO/c1-7-9(12)2-3-10(14)11(7)8-4-5-13-6-8/h2-3,8,13-14H,4-6H2,1H3. The molecule has 1 saturated heterocycles. The van der Waals surface area contributed by atoms with Gasteiger partial charge in [-0.05, 0) is 37.6 Å². The molecule has 2 nitrogen and oxygen atoms in total. The normalized spacial score (nSPS) is 21.4. The molecule has 2 rings (SSSR count). The predicted molar refractivity (Wildman–Crippen MR) is 53.0 cm³/mol. The largest absolute Gasteiger partial charge is 0.508 e. The Labute approximate surface area is 82.8 Å². The summed E-state index contributed by atoms with van der Waals surface area (Å²) in [5, 5.41) is 12.9. The van der Waals surface area contributed by atoms with E-state index in [0.29, 0.717) is 5.56 Å². The van der Waals surface area contributed by atoms with E-state index < -0.39 is 0 Å². The minimum absolute atomic E-state index is 0.220. The molecule has 14 heavy (non-hydrogen) atoms. The van der Waals surface area contributed by atoms with Crippen LogP contribution in [0.5, 0.6) is 5.75 Å². The van der Waals surface area contributed by atoms with Crippen LogP contribution in [0.3, 0.4) is 0 Å². The van der Waals surface area contributed by atoms with Gasteiger partial charge in [-0.1, -0.05) is 0 Å². The van der Waals surface area contributed by atoms with Gasteiger partial charge in [-0.3, -0.25) is 0 Å². The zero-order valence-electron chi connectivity index (χ0n) is 8.18. The van der Waals surface area contributed by atoms with Crippen molar-refractivity contribution < 1.29 is 9.50 Å². The van der Waals surface area contributed by atoms with Crippen molar-refractivity contribution in [2.75, 3.05) is 13.1 Å². The lowest BCUT2D eigenvalue weighted by Crippen LogP contribution is -2.09. The summed E-state index contributed by atoms with van der Waals surface area (Å²) in [6.45, 7) is 3.50. The van der Waals surface area contributed by atoms with Crippen LogP contribution in [0.1, 0.15) is 23.5 Å². The first-order chi connectivity index (χ1) is 6.70. The fourth-order valence-corrected chi connectivity index (χ4v) is 2.10. The molecule has 1 aromatic carbocycles. The Morgan fingerprint density at radius 2 is 2.29 bits per heavy atom. The van der Waals surface area contributed by atoms with Crippen molar-refractivity contribution in [3.05, 3.63) is 29.1 Å². The molecule has 1 aromatic rings. The zero-order valence-corrected chi connectivity index (χ0v) is 8.18. The van der Waals surface area contributed by atoms with E-state index in [1.807, 2.05) is 0 Å². The van der Waals surface area contributed by atoms with Crippen LogP contribution in [0.4, 0.5) is 4.39 Å². The number of hydrogen-bond acceptors (Lipinski definition) is 2. The van der Waals surface area contributed by atoms with Crippen molar-refractivity contribution in [3.8, 4) is 5.75 Å². The van der Waals surface area contributed by atoms with Crippen LogP contribution in [0.15, 0.2) is 12.1 Å². The van der Waals surface area contributed by atoms with Crippen molar-refractivity contribution in [1.82, 2.24) is 5.32 Å². The van der Waals surface area contributed by atoms with Crippen LogP contribution in [0.2, 0.25) is 0 Å². The summed E-state index contributed by atoms with van der Waals surface area (Å²) >= 11 is 0. The molecule has 1 atom stereocenters. The molecule has 1 unspecified atom stereocenters. The fourth-order valence-electron chi connectivity index (χ4n) is 2.10. The minimum atomic E-state index is -0.232. The molecule has 3 heteroatoms. The molecule has 1 heterocycles. The Morgan fingerprint density at radius 3 is 2.93 bits per heavy atom. The summed E-state index contributed by atoms with van der Waals surface area (Å²) in [6, 6.07) is 2.76. The number of benzene rings is 1. The number of rotatable bonds is 1. The third-order valence-corrected chi connectivity index (χ3v) is 2.89. The van der Waals surface area contributed by atoms with Gasteiger partial charge in [0.2, 0.25) is 0 Å². The Morgan fingerprint density at radius 1 is 1.50 bits per heavy atom. The summed E-state index contributed by atoms with van der Waals surface area (Å²) in [7, 11) is 0. The average molecular weight is 195 g/mol. The molecular formula is C11H14FNO. The SMILES string of the molecule is Cc1c(F)ccc(O)c1C1CCNC1. The number of phenols is 1. The summed E-state index contributed by atoms with van der Waals surface area (Å²) < 4.78 is 13.3. The highest BCUT2D eigenvalue weighted by atomic mass is 19.1. The molecule has 0 amide bonds. The predicted octanol–water partition coefficient (Wildman–Crippen LogP) is 1.92. The topological polar surface area (TPSA) is 32.3 Å². The smallest absolute Gasteiger partial charge is 0.126 e. The van der Waals surface area contributed by atoms with E-state index >= 15 is 0 Å². The lowest BCUT2D eigenvalue weighted by molar-refractivity contribution is 0.458. The maximum absolute atomic E-state index is 13.3. The van der Waals surface area contributed by atoms with Crippen LogP contribution in [-0.4, -0.2) is 18.2 Å². The zero-order chi connectivity index (χ0) is 10.1. The van der Waals surface area contributed by atoms with Crippen LogP contribution < -0.4 is 5.32 Å². The first-order valence-electron chi connectivity index (χ1n) is 4.89. The molecule has 0 saturated carbocycles. The van der Waals surface area contributed by atoms with Gasteiger partial charge in [0.25, 0.3) is 0 Å². The van der Waals surface area contributed by atoms with Gasteiger partial charge in [0.1, 0.15) is 11.6 Å². The van der Waals surface area contributed by atoms with Gasteiger partial charge < -0.3 is 10.4 Å². The molecule has 0 spiro atoms. The Kier molecular flexibility index (Phi) is 2.42. The van der Waals surface area contributed by atoms with Crippen molar-refractivity contribution in [2.45, 2.75) is 19.3 Å². The van der Waals surface area contributed by atoms with E-state index in [-0.39, 0.29) is 17.5 Å². The maximum Gasteiger partial charge on any atom is 0.126 e. The van der Waals surface area contributed by atoms with Crippen LogP contribution in [-0.2, 0) is 0 Å². The second-order valence-electron chi connectivity index (χ2n) is 3.79. The van der Waals surface area contributed by atoms with Crippen LogP contribution >= 0.6 is 0 Å². The molecule has 76 valence electrons. The van der Waals surface area contributed by atoms with Gasteiger partial charge in [0, 0.05) is 18.0 Å². The van der Waals surface area contributed by atoms with Crippen LogP contribution in [0.25, 0.3) is 0 Å². The van der Waals surface area contributed by atoms with Gasteiger partial charge in [0.05, 0.1) is 0 Å². The van der Waals surface area contributed by atoms with Crippen molar-refractivity contribution in [3.63, 3.8) is 0 Å². The number of aromatic hydroxyl groups is 1. The van der Waals surface area contributed by atoms with E-state index in [2.05, 4.69) is 5.32 Å². The molecular weight excluding hydrogens is 181 g/mol. The third kappa shape index (κ3) is 1.48. The van der Waals surface area contributed by atoms with Crippen LogP contribution in [0, 0.1) is 12.7 Å². The Bertz CT molecular complexity index is 345. The van der Waals surface area contributed by atoms with Gasteiger partial charge in [-0.15, -0.1) is 0 Å². The highest BCUT2D eigenvalue weighted by Crippen LogP contribution is 2.33. The monoisotopic (exact) mass is 195 g/mol. The average Bonchev–Trinajstić information content (AvgIpc) is 2.65. The van der Waals surface area contributed by atoms with Crippen molar-refractivity contribution in [1.29, 1.82) is 0 Å².